The van der Waals surface area contributed by atoms with Gasteiger partial charge in [-0.1, -0.05) is 0 Å². The van der Waals surface area contributed by atoms with Crippen LogP contribution in [0.3, 0.4) is 0 Å². The van der Waals surface area contributed by atoms with Gasteiger partial charge in [0.25, 0.3) is 5.91 Å². The lowest BCUT2D eigenvalue weighted by Gasteiger charge is -2.07. The third-order valence-electron chi connectivity index (χ3n) is 2.58. The molecule has 2 heterocycles. The summed E-state index contributed by atoms with van der Waals surface area (Å²) in [6, 6.07) is 5.41. The van der Waals surface area contributed by atoms with Gasteiger partial charge >= 0.3 is 0 Å². The van der Waals surface area contributed by atoms with E-state index < -0.39 is 0 Å². The number of hydrogen-bond acceptors (Lipinski definition) is 3. The molecule has 19 heavy (non-hydrogen) atoms. The Kier molecular flexibility index (Phi) is 3.67. The van der Waals surface area contributed by atoms with Crippen LogP contribution in [0.25, 0.3) is 0 Å². The van der Waals surface area contributed by atoms with Crippen molar-refractivity contribution in [1.82, 2.24) is 9.55 Å². The number of carbonyl (C=O) groups is 1. The number of nitrogens with one attached hydrogen (secondary N) is 1. The maximum absolute atomic E-state index is 12.1. The summed E-state index contributed by atoms with van der Waals surface area (Å²) in [5.74, 6) is 0.149. The van der Waals surface area contributed by atoms with Gasteiger partial charge in [-0.05, 0) is 40.5 Å². The number of nitriles is 1. The molecule has 96 valence electrons. The van der Waals surface area contributed by atoms with Crippen LogP contribution >= 0.6 is 15.9 Å². The zero-order valence-electron chi connectivity index (χ0n) is 10.4. The van der Waals surface area contributed by atoms with Crippen molar-refractivity contribution in [3.8, 4) is 6.07 Å². The number of halogens is 1. The Balaban J connectivity index is 2.26. The summed E-state index contributed by atoms with van der Waals surface area (Å²) in [7, 11) is 1.72. The molecule has 0 bridgehead atoms. The number of aromatic nitrogens is 2. The highest BCUT2D eigenvalue weighted by molar-refractivity contribution is 9.10. The molecule has 0 unspecified atom stereocenters. The molecular weight excluding hydrogens is 308 g/mol. The molecule has 0 radical (unpaired) electrons. The van der Waals surface area contributed by atoms with Crippen molar-refractivity contribution < 1.29 is 4.79 Å². The van der Waals surface area contributed by atoms with E-state index in [4.69, 9.17) is 5.26 Å². The van der Waals surface area contributed by atoms with E-state index in [1.54, 1.807) is 24.0 Å². The molecular formula is C13H11BrN4O. The summed E-state index contributed by atoms with van der Waals surface area (Å²) in [5.41, 5.74) is 1.85. The van der Waals surface area contributed by atoms with Crippen LogP contribution in [0.15, 0.2) is 29.0 Å². The normalized spacial score (nSPS) is 10.0. The molecule has 0 aromatic carbocycles. The van der Waals surface area contributed by atoms with E-state index in [-0.39, 0.29) is 5.91 Å². The Morgan fingerprint density at radius 3 is 2.84 bits per heavy atom. The van der Waals surface area contributed by atoms with Gasteiger partial charge in [-0.25, -0.2) is 4.98 Å². The van der Waals surface area contributed by atoms with Gasteiger partial charge in [-0.15, -0.1) is 0 Å². The minimum atomic E-state index is -0.305. The summed E-state index contributed by atoms with van der Waals surface area (Å²) in [4.78, 5) is 16.2. The Morgan fingerprint density at radius 1 is 1.53 bits per heavy atom. The minimum Gasteiger partial charge on any atom is -0.345 e. The molecule has 2 rings (SSSR count). The Bertz CT molecular complexity index is 684. The molecule has 0 spiro atoms. The molecule has 2 aromatic heterocycles. The highest BCUT2D eigenvalue weighted by atomic mass is 79.9. The zero-order chi connectivity index (χ0) is 14.0. The maximum Gasteiger partial charge on any atom is 0.273 e. The van der Waals surface area contributed by atoms with E-state index in [0.29, 0.717) is 17.1 Å². The lowest BCUT2D eigenvalue weighted by atomic mass is 10.3. The van der Waals surface area contributed by atoms with Crippen molar-refractivity contribution in [2.24, 2.45) is 7.05 Å². The molecule has 0 aliphatic carbocycles. The Labute approximate surface area is 119 Å². The quantitative estimate of drug-likeness (QED) is 0.925. The van der Waals surface area contributed by atoms with Crippen molar-refractivity contribution in [3.05, 3.63) is 45.8 Å². The number of aryl methyl sites for hydroxylation is 2. The lowest BCUT2D eigenvalue weighted by Crippen LogP contribution is -2.16. The predicted octanol–water partition coefficient (Wildman–Crippen LogP) is 2.62. The van der Waals surface area contributed by atoms with Gasteiger partial charge in [0, 0.05) is 19.4 Å². The number of hydrogen-bond donors (Lipinski definition) is 1. The van der Waals surface area contributed by atoms with Crippen LogP contribution < -0.4 is 5.32 Å². The number of rotatable bonds is 2. The molecule has 6 heteroatoms. The monoisotopic (exact) mass is 318 g/mol. The first-order valence-corrected chi connectivity index (χ1v) is 6.30. The smallest absolute Gasteiger partial charge is 0.273 e. The summed E-state index contributed by atoms with van der Waals surface area (Å²) >= 11 is 3.35. The van der Waals surface area contributed by atoms with Gasteiger partial charge in [0.1, 0.15) is 17.6 Å². The molecule has 1 N–H and O–H groups in total. The van der Waals surface area contributed by atoms with Crippen LogP contribution in [0.5, 0.6) is 0 Å². The number of carbonyl (C=O) groups excluding carboxylic acids is 1. The van der Waals surface area contributed by atoms with E-state index in [1.165, 1.54) is 6.07 Å². The minimum absolute atomic E-state index is 0.305. The third-order valence-corrected chi connectivity index (χ3v) is 3.18. The van der Waals surface area contributed by atoms with Gasteiger partial charge in [0.15, 0.2) is 0 Å². The van der Waals surface area contributed by atoms with Crippen molar-refractivity contribution in [2.75, 3.05) is 5.32 Å². The van der Waals surface area contributed by atoms with E-state index >= 15 is 0 Å². The average molecular weight is 319 g/mol. The fourth-order valence-corrected chi connectivity index (χ4v) is 2.21. The summed E-state index contributed by atoms with van der Waals surface area (Å²) < 4.78 is 2.33. The highest BCUT2D eigenvalue weighted by Gasteiger charge is 2.14. The SMILES string of the molecule is Cc1cnc(NC(=O)c2cc(C#N)cn2C)c(Br)c1. The van der Waals surface area contributed by atoms with E-state index in [9.17, 15) is 4.79 Å². The highest BCUT2D eigenvalue weighted by Crippen LogP contribution is 2.21. The first kappa shape index (κ1) is 13.3. The molecule has 1 amide bonds. The molecule has 0 fully saturated rings. The number of nitrogens with zero attached hydrogens (tertiary/aromatic N) is 3. The van der Waals surface area contributed by atoms with Crippen molar-refractivity contribution >= 4 is 27.7 Å². The molecule has 0 saturated heterocycles. The van der Waals surface area contributed by atoms with Crippen LogP contribution in [0.4, 0.5) is 5.82 Å². The summed E-state index contributed by atoms with van der Waals surface area (Å²) in [5, 5.41) is 11.5. The van der Waals surface area contributed by atoms with Crippen molar-refractivity contribution in [3.63, 3.8) is 0 Å². The van der Waals surface area contributed by atoms with Crippen LogP contribution in [0.2, 0.25) is 0 Å². The Hall–Kier alpha value is -2.13. The number of anilines is 1. The largest absolute Gasteiger partial charge is 0.345 e. The predicted molar refractivity (Wildman–Crippen MR) is 74.8 cm³/mol. The average Bonchev–Trinajstić information content (AvgIpc) is 2.74. The second-order valence-electron chi connectivity index (χ2n) is 4.13. The van der Waals surface area contributed by atoms with Crippen LogP contribution in [-0.4, -0.2) is 15.5 Å². The second kappa shape index (κ2) is 5.24. The lowest BCUT2D eigenvalue weighted by molar-refractivity contribution is 0.101. The topological polar surface area (TPSA) is 70.7 Å². The van der Waals surface area contributed by atoms with E-state index in [2.05, 4.69) is 26.2 Å². The number of pyridine rings is 1. The van der Waals surface area contributed by atoms with Crippen molar-refractivity contribution in [2.45, 2.75) is 6.92 Å². The molecule has 0 aliphatic rings. The fourth-order valence-electron chi connectivity index (χ4n) is 1.65. The zero-order valence-corrected chi connectivity index (χ0v) is 12.0. The van der Waals surface area contributed by atoms with Gasteiger partial charge < -0.3 is 9.88 Å². The molecule has 0 saturated carbocycles. The van der Waals surface area contributed by atoms with Gasteiger partial charge in [-0.2, -0.15) is 5.26 Å². The fraction of sp³-hybridized carbons (Fsp3) is 0.154. The molecule has 2 aromatic rings. The standard InChI is InChI=1S/C13H11BrN4O/c1-8-3-10(14)12(16-6-8)17-13(19)11-4-9(5-15)7-18(11)2/h3-4,6-7H,1-2H3,(H,16,17,19). The third kappa shape index (κ3) is 2.83. The maximum atomic E-state index is 12.1. The van der Waals surface area contributed by atoms with E-state index in [1.807, 2.05) is 19.1 Å². The van der Waals surface area contributed by atoms with Crippen LogP contribution in [-0.2, 0) is 7.05 Å². The van der Waals surface area contributed by atoms with E-state index in [0.717, 1.165) is 10.0 Å². The second-order valence-corrected chi connectivity index (χ2v) is 4.99. The van der Waals surface area contributed by atoms with Crippen molar-refractivity contribution in [1.29, 1.82) is 5.26 Å². The molecule has 0 aliphatic heterocycles. The van der Waals surface area contributed by atoms with Gasteiger partial charge in [0.05, 0.1) is 10.0 Å². The number of amides is 1. The summed E-state index contributed by atoms with van der Waals surface area (Å²) in [6.07, 6.45) is 3.28. The van der Waals surface area contributed by atoms with Crippen LogP contribution in [0, 0.1) is 18.3 Å². The van der Waals surface area contributed by atoms with Crippen LogP contribution in [0.1, 0.15) is 21.6 Å². The summed E-state index contributed by atoms with van der Waals surface area (Å²) in [6.45, 7) is 1.92. The van der Waals surface area contributed by atoms with Gasteiger partial charge in [0.2, 0.25) is 0 Å². The van der Waals surface area contributed by atoms with Gasteiger partial charge in [-0.3, -0.25) is 4.79 Å². The molecule has 5 nitrogen and oxygen atoms in total. The first-order chi connectivity index (χ1) is 9.01. The molecule has 0 atom stereocenters. The Morgan fingerprint density at radius 2 is 2.26 bits per heavy atom. The first-order valence-electron chi connectivity index (χ1n) is 5.51.